The summed E-state index contributed by atoms with van der Waals surface area (Å²) in [6.07, 6.45) is 3.40. The number of nitrogens with zero attached hydrogens (tertiary/aromatic N) is 3. The van der Waals surface area contributed by atoms with Crippen molar-refractivity contribution in [1.29, 1.82) is 0 Å². The molecule has 0 unspecified atom stereocenters. The first-order valence-corrected chi connectivity index (χ1v) is 10.0. The number of carbonyl (C=O) groups excluding carboxylic acids is 1. The Kier molecular flexibility index (Phi) is 4.61. The molecule has 2 aromatic rings. The van der Waals surface area contributed by atoms with Gasteiger partial charge in [-0.2, -0.15) is 0 Å². The molecule has 1 N–H and O–H groups in total. The first-order chi connectivity index (χ1) is 12.6. The van der Waals surface area contributed by atoms with E-state index in [1.165, 1.54) is 29.4 Å². The number of urea groups is 1. The molecular weight excluding hydrogens is 348 g/mol. The fourth-order valence-electron chi connectivity index (χ4n) is 4.79. The van der Waals surface area contributed by atoms with Crippen LogP contribution in [0.2, 0.25) is 5.15 Å². The van der Waals surface area contributed by atoms with E-state index < -0.39 is 0 Å². The van der Waals surface area contributed by atoms with E-state index in [1.54, 1.807) is 9.58 Å². The lowest BCUT2D eigenvalue weighted by molar-refractivity contribution is 0.157. The van der Waals surface area contributed by atoms with Gasteiger partial charge in [-0.25, -0.2) is 14.9 Å². The van der Waals surface area contributed by atoms with Crippen molar-refractivity contribution in [2.24, 2.45) is 0 Å². The summed E-state index contributed by atoms with van der Waals surface area (Å²) in [6.45, 7) is 6.45. The van der Waals surface area contributed by atoms with Gasteiger partial charge in [0.05, 0.1) is 5.52 Å². The number of hydrogen-bond donors (Lipinski definition) is 1. The average Bonchev–Trinajstić information content (AvgIpc) is 2.91. The highest BCUT2D eigenvalue weighted by molar-refractivity contribution is 6.32. The molecule has 1 aromatic heterocycles. The van der Waals surface area contributed by atoms with Crippen LogP contribution in [0.15, 0.2) is 18.2 Å². The molecule has 2 heterocycles. The molecule has 2 amide bonds. The zero-order valence-corrected chi connectivity index (χ0v) is 16.5. The van der Waals surface area contributed by atoms with Gasteiger partial charge < -0.3 is 9.80 Å². The third-order valence-electron chi connectivity index (χ3n) is 6.19. The number of aromatic nitrogens is 1. The Morgan fingerprint density at radius 1 is 1.35 bits per heavy atom. The van der Waals surface area contributed by atoms with Crippen LogP contribution in [0.25, 0.3) is 10.9 Å². The first-order valence-electron chi connectivity index (χ1n) is 9.64. The van der Waals surface area contributed by atoms with Gasteiger partial charge in [0, 0.05) is 36.0 Å². The standard InChI is InChI=1S/C20H27ClN4O/c1-4-24(5-2)20(26)22-25-16-10-6-8-14-13-9-7-11-23(3)17(13)12-15(18(14)16)19(25)21/h6,8,10,13,17H,4-5,7,9,11-12H2,1-3H3,(H,22,26)/t13-,17-/m1/s1. The van der Waals surface area contributed by atoms with Crippen molar-refractivity contribution in [2.75, 3.05) is 32.1 Å². The second-order valence-electron chi connectivity index (χ2n) is 7.44. The minimum absolute atomic E-state index is 0.112. The minimum Gasteiger partial charge on any atom is -0.324 e. The quantitative estimate of drug-likeness (QED) is 0.880. The van der Waals surface area contributed by atoms with E-state index in [0.717, 1.165) is 18.5 Å². The Morgan fingerprint density at radius 2 is 2.12 bits per heavy atom. The molecule has 1 aliphatic carbocycles. The number of rotatable bonds is 3. The number of hydrogen-bond acceptors (Lipinski definition) is 2. The predicted octanol–water partition coefficient (Wildman–Crippen LogP) is 4.03. The third kappa shape index (κ3) is 2.60. The Bertz CT molecular complexity index is 842. The Labute approximate surface area is 159 Å². The monoisotopic (exact) mass is 374 g/mol. The zero-order valence-electron chi connectivity index (χ0n) is 15.8. The average molecular weight is 375 g/mol. The molecule has 1 fully saturated rings. The van der Waals surface area contributed by atoms with Crippen molar-refractivity contribution in [1.82, 2.24) is 14.5 Å². The number of halogens is 1. The maximum Gasteiger partial charge on any atom is 0.336 e. The summed E-state index contributed by atoms with van der Waals surface area (Å²) in [5.41, 5.74) is 6.58. The van der Waals surface area contributed by atoms with Crippen molar-refractivity contribution >= 4 is 28.5 Å². The van der Waals surface area contributed by atoms with Crippen LogP contribution in [0.3, 0.4) is 0 Å². The first kappa shape index (κ1) is 17.7. The number of benzene rings is 1. The van der Waals surface area contributed by atoms with E-state index >= 15 is 0 Å². The van der Waals surface area contributed by atoms with Gasteiger partial charge in [0.25, 0.3) is 0 Å². The van der Waals surface area contributed by atoms with Gasteiger partial charge >= 0.3 is 6.03 Å². The Balaban J connectivity index is 1.80. The van der Waals surface area contributed by atoms with E-state index in [4.69, 9.17) is 11.6 Å². The van der Waals surface area contributed by atoms with Crippen LogP contribution in [-0.2, 0) is 6.42 Å². The van der Waals surface area contributed by atoms with Gasteiger partial charge in [0.1, 0.15) is 5.15 Å². The molecular formula is C20H27ClN4O. The smallest absolute Gasteiger partial charge is 0.324 e. The molecule has 0 bridgehead atoms. The number of fused-ring (bicyclic) bond motifs is 2. The molecule has 140 valence electrons. The van der Waals surface area contributed by atoms with Crippen molar-refractivity contribution in [2.45, 2.75) is 45.1 Å². The van der Waals surface area contributed by atoms with Crippen molar-refractivity contribution in [3.63, 3.8) is 0 Å². The van der Waals surface area contributed by atoms with Crippen LogP contribution in [-0.4, -0.2) is 53.2 Å². The lowest BCUT2D eigenvalue weighted by Crippen LogP contribution is -2.44. The highest BCUT2D eigenvalue weighted by atomic mass is 35.5. The van der Waals surface area contributed by atoms with E-state index in [9.17, 15) is 4.79 Å². The Morgan fingerprint density at radius 3 is 2.85 bits per heavy atom. The molecule has 0 radical (unpaired) electrons. The minimum atomic E-state index is -0.112. The summed E-state index contributed by atoms with van der Waals surface area (Å²) in [5.74, 6) is 0.551. The molecule has 0 spiro atoms. The lowest BCUT2D eigenvalue weighted by atomic mass is 9.75. The SMILES string of the molecule is CCN(CC)C(=O)Nn1c(Cl)c2c3c(cccc31)[C@H]1CCCN(C)[C@@H]1C2. The molecule has 4 rings (SSSR count). The van der Waals surface area contributed by atoms with Gasteiger partial charge in [-0.3, -0.25) is 0 Å². The summed E-state index contributed by atoms with van der Waals surface area (Å²) >= 11 is 6.78. The number of likely N-dealkylation sites (N-methyl/N-ethyl adjacent to an activating group) is 1. The largest absolute Gasteiger partial charge is 0.336 e. The molecule has 1 aliphatic heterocycles. The topological polar surface area (TPSA) is 40.5 Å². The number of nitrogens with one attached hydrogen (secondary N) is 1. The lowest BCUT2D eigenvalue weighted by Gasteiger charge is -2.42. The van der Waals surface area contributed by atoms with E-state index in [1.807, 2.05) is 13.8 Å². The van der Waals surface area contributed by atoms with Crippen LogP contribution < -0.4 is 5.43 Å². The van der Waals surface area contributed by atoms with Gasteiger partial charge in [-0.05, 0) is 58.3 Å². The number of amides is 2. The number of likely N-dealkylation sites (tertiary alicyclic amines) is 1. The highest BCUT2D eigenvalue weighted by Gasteiger charge is 2.38. The molecule has 1 saturated heterocycles. The predicted molar refractivity (Wildman–Crippen MR) is 107 cm³/mol. The van der Waals surface area contributed by atoms with Crippen molar-refractivity contribution in [3.8, 4) is 0 Å². The van der Waals surface area contributed by atoms with Gasteiger partial charge in [-0.1, -0.05) is 23.7 Å². The fourth-order valence-corrected chi connectivity index (χ4v) is 5.10. The second kappa shape index (κ2) is 6.78. The number of piperidine rings is 1. The summed E-state index contributed by atoms with van der Waals surface area (Å²) in [7, 11) is 2.22. The molecule has 2 atom stereocenters. The van der Waals surface area contributed by atoms with E-state index in [2.05, 4.69) is 35.6 Å². The van der Waals surface area contributed by atoms with E-state index in [-0.39, 0.29) is 6.03 Å². The van der Waals surface area contributed by atoms with Crippen molar-refractivity contribution < 1.29 is 4.79 Å². The van der Waals surface area contributed by atoms with Crippen LogP contribution in [0.5, 0.6) is 0 Å². The molecule has 5 nitrogen and oxygen atoms in total. The Hall–Kier alpha value is -1.72. The number of carbonyl (C=O) groups is 1. The molecule has 2 aliphatic rings. The van der Waals surface area contributed by atoms with Crippen LogP contribution in [0.4, 0.5) is 4.79 Å². The molecule has 1 aromatic carbocycles. The van der Waals surface area contributed by atoms with Crippen LogP contribution in [0, 0.1) is 0 Å². The summed E-state index contributed by atoms with van der Waals surface area (Å²) < 4.78 is 1.79. The van der Waals surface area contributed by atoms with Crippen LogP contribution in [0.1, 0.15) is 43.7 Å². The maximum atomic E-state index is 12.6. The zero-order chi connectivity index (χ0) is 18.4. The fraction of sp³-hybridized carbons (Fsp3) is 0.550. The molecule has 26 heavy (non-hydrogen) atoms. The second-order valence-corrected chi connectivity index (χ2v) is 7.79. The van der Waals surface area contributed by atoms with Crippen LogP contribution >= 0.6 is 11.6 Å². The third-order valence-corrected chi connectivity index (χ3v) is 6.59. The maximum absolute atomic E-state index is 12.6. The molecule has 6 heteroatoms. The highest BCUT2D eigenvalue weighted by Crippen LogP contribution is 2.45. The molecule has 0 saturated carbocycles. The summed E-state index contributed by atoms with van der Waals surface area (Å²) in [4.78, 5) is 16.8. The van der Waals surface area contributed by atoms with E-state index in [0.29, 0.717) is 30.2 Å². The van der Waals surface area contributed by atoms with Crippen molar-refractivity contribution in [3.05, 3.63) is 34.5 Å². The van der Waals surface area contributed by atoms with Gasteiger partial charge in [0.2, 0.25) is 0 Å². The summed E-state index contributed by atoms with van der Waals surface area (Å²) in [5, 5.41) is 1.89. The van der Waals surface area contributed by atoms with Gasteiger partial charge in [0.15, 0.2) is 0 Å². The summed E-state index contributed by atoms with van der Waals surface area (Å²) in [6, 6.07) is 6.78. The van der Waals surface area contributed by atoms with Gasteiger partial charge in [-0.15, -0.1) is 0 Å². The normalized spacial score (nSPS) is 22.3.